The van der Waals surface area contributed by atoms with Crippen LogP contribution in [0, 0.1) is 11.8 Å². The molecule has 148 valence electrons. The van der Waals surface area contributed by atoms with E-state index in [1.807, 2.05) is 0 Å². The molecular formula is C18H26F3NO3S. The van der Waals surface area contributed by atoms with Crippen LogP contribution in [0.4, 0.5) is 18.9 Å². The second kappa shape index (κ2) is 8.97. The largest absolute Gasteiger partial charge is 0.573 e. The fraction of sp³-hybridized carbons (Fsp3) is 0.667. The van der Waals surface area contributed by atoms with Gasteiger partial charge < -0.3 is 10.1 Å². The fourth-order valence-electron chi connectivity index (χ4n) is 3.63. The van der Waals surface area contributed by atoms with Crippen molar-refractivity contribution in [2.24, 2.45) is 11.8 Å². The first kappa shape index (κ1) is 20.9. The number of halogens is 3. The SMILES string of the molecule is CS(=O)(=O)C[C@@H](CCNc1ccc(OC(F)(F)F)cc1)C1CCCCC1. The Morgan fingerprint density at radius 2 is 1.77 bits per heavy atom. The Labute approximate surface area is 153 Å². The summed E-state index contributed by atoms with van der Waals surface area (Å²) in [7, 11) is -3.04. The smallest absolute Gasteiger partial charge is 0.406 e. The molecule has 1 atom stereocenters. The highest BCUT2D eigenvalue weighted by atomic mass is 32.2. The molecule has 2 rings (SSSR count). The van der Waals surface area contributed by atoms with Gasteiger partial charge in [-0.15, -0.1) is 13.2 Å². The van der Waals surface area contributed by atoms with E-state index in [0.717, 1.165) is 32.1 Å². The van der Waals surface area contributed by atoms with Crippen LogP contribution < -0.4 is 10.1 Å². The molecule has 1 aliphatic rings. The number of anilines is 1. The summed E-state index contributed by atoms with van der Waals surface area (Å²) >= 11 is 0. The Morgan fingerprint density at radius 1 is 1.15 bits per heavy atom. The molecular weight excluding hydrogens is 367 g/mol. The number of hydrogen-bond donors (Lipinski definition) is 1. The van der Waals surface area contributed by atoms with Crippen LogP contribution in [0.1, 0.15) is 38.5 Å². The van der Waals surface area contributed by atoms with Gasteiger partial charge in [0.15, 0.2) is 0 Å². The summed E-state index contributed by atoms with van der Waals surface area (Å²) in [6.45, 7) is 0.580. The van der Waals surface area contributed by atoms with E-state index < -0.39 is 16.2 Å². The number of hydrogen-bond acceptors (Lipinski definition) is 4. The van der Waals surface area contributed by atoms with Crippen molar-refractivity contribution in [1.29, 1.82) is 0 Å². The Hall–Kier alpha value is -1.44. The van der Waals surface area contributed by atoms with Crippen LogP contribution >= 0.6 is 0 Å². The highest BCUT2D eigenvalue weighted by Gasteiger charge is 2.31. The molecule has 1 N–H and O–H groups in total. The zero-order valence-electron chi connectivity index (χ0n) is 14.9. The molecule has 0 bridgehead atoms. The third kappa shape index (κ3) is 7.85. The zero-order chi connectivity index (χ0) is 19.2. The summed E-state index contributed by atoms with van der Waals surface area (Å²) in [6, 6.07) is 5.55. The molecule has 0 aromatic heterocycles. The molecule has 1 saturated carbocycles. The van der Waals surface area contributed by atoms with Crippen molar-refractivity contribution in [2.45, 2.75) is 44.9 Å². The van der Waals surface area contributed by atoms with Crippen LogP contribution in [0.5, 0.6) is 5.75 Å². The Balaban J connectivity index is 1.87. The van der Waals surface area contributed by atoms with Crippen LogP contribution in [0.15, 0.2) is 24.3 Å². The molecule has 0 aliphatic heterocycles. The molecule has 0 heterocycles. The second-order valence-electron chi connectivity index (χ2n) is 7.04. The van der Waals surface area contributed by atoms with Gasteiger partial charge in [0.05, 0.1) is 5.75 Å². The molecule has 0 radical (unpaired) electrons. The van der Waals surface area contributed by atoms with Gasteiger partial charge in [0.1, 0.15) is 15.6 Å². The maximum Gasteiger partial charge on any atom is 0.573 e. The summed E-state index contributed by atoms with van der Waals surface area (Å²) in [4.78, 5) is 0. The van der Waals surface area contributed by atoms with Crippen LogP contribution in [0.2, 0.25) is 0 Å². The van der Waals surface area contributed by atoms with Crippen LogP contribution in [0.3, 0.4) is 0 Å². The van der Waals surface area contributed by atoms with Gasteiger partial charge >= 0.3 is 6.36 Å². The minimum absolute atomic E-state index is 0.116. The number of ether oxygens (including phenoxy) is 1. The standard InChI is InChI=1S/C18H26F3NO3S/c1-26(23,24)13-15(14-5-3-2-4-6-14)11-12-22-16-7-9-17(10-8-16)25-18(19,20)21/h7-10,14-15,22H,2-6,11-13H2,1H3/t15-/m1/s1. The van der Waals surface area contributed by atoms with Crippen molar-refractivity contribution in [1.82, 2.24) is 0 Å². The van der Waals surface area contributed by atoms with Gasteiger partial charge in [0.2, 0.25) is 0 Å². The zero-order valence-corrected chi connectivity index (χ0v) is 15.7. The second-order valence-corrected chi connectivity index (χ2v) is 9.22. The van der Waals surface area contributed by atoms with Gasteiger partial charge in [-0.3, -0.25) is 0 Å². The van der Waals surface area contributed by atoms with E-state index in [2.05, 4.69) is 10.1 Å². The number of benzene rings is 1. The monoisotopic (exact) mass is 393 g/mol. The summed E-state index contributed by atoms with van der Waals surface area (Å²) < 4.78 is 63.8. The summed E-state index contributed by atoms with van der Waals surface area (Å²) in [6.07, 6.45) is 2.96. The average molecular weight is 393 g/mol. The van der Waals surface area contributed by atoms with E-state index in [1.165, 1.54) is 36.9 Å². The number of sulfone groups is 1. The van der Waals surface area contributed by atoms with Crippen LogP contribution in [-0.4, -0.2) is 33.3 Å². The molecule has 8 heteroatoms. The fourth-order valence-corrected chi connectivity index (χ4v) is 4.84. The first-order chi connectivity index (χ1) is 12.1. The molecule has 1 aliphatic carbocycles. The highest BCUT2D eigenvalue weighted by molar-refractivity contribution is 7.90. The molecule has 26 heavy (non-hydrogen) atoms. The van der Waals surface area contributed by atoms with E-state index in [9.17, 15) is 21.6 Å². The summed E-state index contributed by atoms with van der Waals surface area (Å²) in [5.74, 6) is 0.478. The molecule has 1 aromatic carbocycles. The van der Waals surface area contributed by atoms with Gasteiger partial charge in [-0.1, -0.05) is 32.1 Å². The molecule has 4 nitrogen and oxygen atoms in total. The lowest BCUT2D eigenvalue weighted by atomic mass is 9.79. The van der Waals surface area contributed by atoms with E-state index in [-0.39, 0.29) is 17.4 Å². The van der Waals surface area contributed by atoms with Crippen molar-refractivity contribution in [3.63, 3.8) is 0 Å². The minimum Gasteiger partial charge on any atom is -0.406 e. The highest BCUT2D eigenvalue weighted by Crippen LogP contribution is 2.32. The third-order valence-electron chi connectivity index (χ3n) is 4.77. The van der Waals surface area contributed by atoms with Crippen molar-refractivity contribution >= 4 is 15.5 Å². The van der Waals surface area contributed by atoms with Gasteiger partial charge in [-0.2, -0.15) is 0 Å². The predicted molar refractivity (Wildman–Crippen MR) is 96.0 cm³/mol. The van der Waals surface area contributed by atoms with Gasteiger partial charge in [0, 0.05) is 18.5 Å². The molecule has 0 saturated heterocycles. The lowest BCUT2D eigenvalue weighted by Gasteiger charge is -2.30. The topological polar surface area (TPSA) is 55.4 Å². The van der Waals surface area contributed by atoms with E-state index in [4.69, 9.17) is 0 Å². The van der Waals surface area contributed by atoms with E-state index in [1.54, 1.807) is 0 Å². The average Bonchev–Trinajstić information content (AvgIpc) is 2.54. The normalized spacial score (nSPS) is 17.7. The Morgan fingerprint density at radius 3 is 2.31 bits per heavy atom. The number of alkyl halides is 3. The lowest BCUT2D eigenvalue weighted by molar-refractivity contribution is -0.274. The van der Waals surface area contributed by atoms with E-state index in [0.29, 0.717) is 18.2 Å². The quantitative estimate of drug-likeness (QED) is 0.700. The maximum atomic E-state index is 12.2. The summed E-state index contributed by atoms with van der Waals surface area (Å²) in [5.41, 5.74) is 0.682. The minimum atomic E-state index is -4.70. The molecule has 1 aromatic rings. The predicted octanol–water partition coefficient (Wildman–Crippen LogP) is 4.63. The van der Waals surface area contributed by atoms with Gasteiger partial charge in [-0.25, -0.2) is 8.42 Å². The van der Waals surface area contributed by atoms with Gasteiger partial charge in [0.25, 0.3) is 0 Å². The van der Waals surface area contributed by atoms with E-state index >= 15 is 0 Å². The van der Waals surface area contributed by atoms with Crippen molar-refractivity contribution in [3.05, 3.63) is 24.3 Å². The molecule has 0 amide bonds. The van der Waals surface area contributed by atoms with Crippen LogP contribution in [0.25, 0.3) is 0 Å². The first-order valence-electron chi connectivity index (χ1n) is 8.90. The van der Waals surface area contributed by atoms with Crippen molar-refractivity contribution in [2.75, 3.05) is 23.9 Å². The Bertz CT molecular complexity index is 653. The summed E-state index contributed by atoms with van der Waals surface area (Å²) in [5, 5.41) is 3.16. The third-order valence-corrected chi connectivity index (χ3v) is 5.80. The van der Waals surface area contributed by atoms with Gasteiger partial charge in [-0.05, 0) is 42.5 Å². The number of nitrogens with one attached hydrogen (secondary N) is 1. The Kier molecular flexibility index (Phi) is 7.20. The van der Waals surface area contributed by atoms with Crippen molar-refractivity contribution < 1.29 is 26.3 Å². The van der Waals surface area contributed by atoms with Crippen molar-refractivity contribution in [3.8, 4) is 5.75 Å². The number of rotatable bonds is 8. The molecule has 1 fully saturated rings. The molecule has 0 spiro atoms. The maximum absolute atomic E-state index is 12.2. The first-order valence-corrected chi connectivity index (χ1v) is 11.0. The molecule has 0 unspecified atom stereocenters. The van der Waals surface area contributed by atoms with Crippen LogP contribution in [-0.2, 0) is 9.84 Å². The lowest BCUT2D eigenvalue weighted by Crippen LogP contribution is -2.27.